The molecule has 3 aromatic heterocycles. The van der Waals surface area contributed by atoms with E-state index in [1.165, 1.54) is 12.8 Å². The second-order valence-electron chi connectivity index (χ2n) is 5.95. The minimum Gasteiger partial charge on any atom is -0.340 e. The van der Waals surface area contributed by atoms with Crippen molar-refractivity contribution in [3.8, 4) is 0 Å². The Balaban J connectivity index is 1.62. The van der Waals surface area contributed by atoms with Crippen LogP contribution in [0.15, 0.2) is 12.3 Å². The van der Waals surface area contributed by atoms with E-state index in [1.54, 1.807) is 9.20 Å². The van der Waals surface area contributed by atoms with E-state index in [9.17, 15) is 0 Å². The minimum atomic E-state index is 0.617. The van der Waals surface area contributed by atoms with Gasteiger partial charge in [0.2, 0.25) is 5.95 Å². The Morgan fingerprint density at radius 2 is 1.92 bits per heavy atom. The Kier molecular flexibility index (Phi) is 3.72. The van der Waals surface area contributed by atoms with Gasteiger partial charge >= 0.3 is 0 Å². The second-order valence-corrected chi connectivity index (χ2v) is 6.36. The lowest BCUT2D eigenvalue weighted by Gasteiger charge is -2.10. The van der Waals surface area contributed by atoms with Gasteiger partial charge in [0.25, 0.3) is 0 Å². The Morgan fingerprint density at radius 1 is 1.12 bits per heavy atom. The summed E-state index contributed by atoms with van der Waals surface area (Å²) in [5.74, 6) is 2.19. The van der Waals surface area contributed by atoms with Gasteiger partial charge in [0.05, 0.1) is 0 Å². The molecular weight excluding hydrogens is 326 g/mol. The van der Waals surface area contributed by atoms with Gasteiger partial charge in [-0.2, -0.15) is 4.98 Å². The van der Waals surface area contributed by atoms with Gasteiger partial charge in [-0.05, 0) is 38.0 Å². The quantitative estimate of drug-likeness (QED) is 0.731. The van der Waals surface area contributed by atoms with Crippen molar-refractivity contribution in [3.05, 3.63) is 34.5 Å². The van der Waals surface area contributed by atoms with Gasteiger partial charge in [0.15, 0.2) is 17.3 Å². The molecule has 1 aliphatic heterocycles. The van der Waals surface area contributed by atoms with Crippen LogP contribution in [0.4, 0.5) is 5.95 Å². The number of fused-ring (bicyclic) bond motifs is 1. The third kappa shape index (κ3) is 2.65. The highest BCUT2D eigenvalue weighted by Crippen LogP contribution is 2.19. The van der Waals surface area contributed by atoms with Gasteiger partial charge in [0.1, 0.15) is 0 Å². The molecule has 0 aliphatic carbocycles. The lowest BCUT2D eigenvalue weighted by Crippen LogP contribution is -2.19. The van der Waals surface area contributed by atoms with Crippen LogP contribution in [0.1, 0.15) is 30.1 Å². The van der Waals surface area contributed by atoms with Crippen molar-refractivity contribution in [1.82, 2.24) is 29.4 Å². The largest absolute Gasteiger partial charge is 0.340 e. The fourth-order valence-corrected chi connectivity index (χ4v) is 3.01. The highest BCUT2D eigenvalue weighted by molar-refractivity contribution is 6.31. The molecule has 1 saturated heterocycles. The molecular formula is C16H18ClN7. The van der Waals surface area contributed by atoms with Crippen LogP contribution in [0.3, 0.4) is 0 Å². The fourth-order valence-electron chi connectivity index (χ4n) is 2.87. The van der Waals surface area contributed by atoms with E-state index in [0.29, 0.717) is 10.8 Å². The van der Waals surface area contributed by atoms with E-state index in [1.807, 2.05) is 38.4 Å². The normalized spacial score (nSPS) is 15.2. The number of pyridine rings is 1. The third-order valence-electron chi connectivity index (χ3n) is 4.26. The molecule has 1 fully saturated rings. The predicted molar refractivity (Wildman–Crippen MR) is 94.1 cm³/mol. The average Bonchev–Trinajstić information content (AvgIpc) is 3.28. The van der Waals surface area contributed by atoms with Crippen LogP contribution in [0.5, 0.6) is 0 Å². The first-order valence-electron chi connectivity index (χ1n) is 7.97. The van der Waals surface area contributed by atoms with Crippen molar-refractivity contribution < 1.29 is 0 Å². The molecule has 0 unspecified atom stereocenters. The molecule has 124 valence electrons. The summed E-state index contributed by atoms with van der Waals surface area (Å²) >= 11 is 6.13. The summed E-state index contributed by atoms with van der Waals surface area (Å²) in [5, 5.41) is 9.61. The van der Waals surface area contributed by atoms with Crippen molar-refractivity contribution in [1.29, 1.82) is 0 Å². The highest BCUT2D eigenvalue weighted by Gasteiger charge is 2.17. The molecule has 4 heterocycles. The van der Waals surface area contributed by atoms with Crippen molar-refractivity contribution in [2.24, 2.45) is 7.05 Å². The van der Waals surface area contributed by atoms with Gasteiger partial charge in [0, 0.05) is 36.9 Å². The third-order valence-corrected chi connectivity index (χ3v) is 4.67. The molecule has 0 N–H and O–H groups in total. The SMILES string of the molecule is Cc1c(Cl)ccn2nc(/C=C/c3nc(N4CCCC4)nn3C)nc12. The maximum atomic E-state index is 6.13. The number of hydrogen-bond acceptors (Lipinski definition) is 5. The molecule has 0 aromatic carbocycles. The van der Waals surface area contributed by atoms with Crippen LogP contribution >= 0.6 is 11.6 Å². The zero-order chi connectivity index (χ0) is 16.7. The Hall–Kier alpha value is -2.41. The van der Waals surface area contributed by atoms with E-state index >= 15 is 0 Å². The molecule has 7 nitrogen and oxygen atoms in total. The van der Waals surface area contributed by atoms with Crippen LogP contribution in [-0.4, -0.2) is 42.5 Å². The number of aromatic nitrogens is 6. The molecule has 3 aromatic rings. The zero-order valence-electron chi connectivity index (χ0n) is 13.6. The second kappa shape index (κ2) is 5.90. The van der Waals surface area contributed by atoms with Gasteiger partial charge < -0.3 is 4.90 Å². The molecule has 24 heavy (non-hydrogen) atoms. The Labute approximate surface area is 144 Å². The summed E-state index contributed by atoms with van der Waals surface area (Å²) in [7, 11) is 1.90. The lowest BCUT2D eigenvalue weighted by atomic mass is 10.3. The van der Waals surface area contributed by atoms with Crippen LogP contribution in [0, 0.1) is 6.92 Å². The van der Waals surface area contributed by atoms with Crippen molar-refractivity contribution >= 4 is 35.3 Å². The molecule has 0 bridgehead atoms. The van der Waals surface area contributed by atoms with Crippen molar-refractivity contribution in [2.75, 3.05) is 18.0 Å². The topological polar surface area (TPSA) is 64.1 Å². The summed E-state index contributed by atoms with van der Waals surface area (Å²) in [4.78, 5) is 11.3. The number of aryl methyl sites for hydroxylation is 2. The number of hydrogen-bond donors (Lipinski definition) is 0. The molecule has 1 aliphatic rings. The van der Waals surface area contributed by atoms with Gasteiger partial charge in [-0.3, -0.25) is 0 Å². The summed E-state index contributed by atoms with van der Waals surface area (Å²) in [6, 6.07) is 1.82. The predicted octanol–water partition coefficient (Wildman–Crippen LogP) is 2.59. The van der Waals surface area contributed by atoms with Crippen molar-refractivity contribution in [3.63, 3.8) is 0 Å². The van der Waals surface area contributed by atoms with Crippen LogP contribution in [-0.2, 0) is 7.05 Å². The van der Waals surface area contributed by atoms with E-state index in [-0.39, 0.29) is 0 Å². The first kappa shape index (κ1) is 15.1. The minimum absolute atomic E-state index is 0.617. The maximum Gasteiger partial charge on any atom is 0.245 e. The Morgan fingerprint density at radius 3 is 2.71 bits per heavy atom. The van der Waals surface area contributed by atoms with E-state index in [4.69, 9.17) is 11.6 Å². The zero-order valence-corrected chi connectivity index (χ0v) is 14.4. The monoisotopic (exact) mass is 343 g/mol. The molecule has 0 atom stereocenters. The van der Waals surface area contributed by atoms with Crippen LogP contribution in [0.2, 0.25) is 5.02 Å². The number of rotatable bonds is 3. The first-order valence-corrected chi connectivity index (χ1v) is 8.35. The molecule has 4 rings (SSSR count). The summed E-state index contributed by atoms with van der Waals surface area (Å²) in [6.45, 7) is 3.99. The molecule has 0 radical (unpaired) electrons. The number of anilines is 1. The summed E-state index contributed by atoms with van der Waals surface area (Å²) < 4.78 is 3.51. The maximum absolute atomic E-state index is 6.13. The summed E-state index contributed by atoms with van der Waals surface area (Å²) in [6.07, 6.45) is 7.95. The van der Waals surface area contributed by atoms with Crippen LogP contribution < -0.4 is 4.90 Å². The first-order chi connectivity index (χ1) is 11.6. The number of halogens is 1. The Bertz CT molecular complexity index is 918. The highest BCUT2D eigenvalue weighted by atomic mass is 35.5. The van der Waals surface area contributed by atoms with E-state index in [0.717, 1.165) is 36.1 Å². The average molecular weight is 344 g/mol. The smallest absolute Gasteiger partial charge is 0.245 e. The van der Waals surface area contributed by atoms with Crippen LogP contribution in [0.25, 0.3) is 17.8 Å². The lowest BCUT2D eigenvalue weighted by molar-refractivity contribution is 0.747. The molecule has 0 saturated carbocycles. The van der Waals surface area contributed by atoms with Gasteiger partial charge in [-0.15, -0.1) is 10.2 Å². The fraction of sp³-hybridized carbons (Fsp3) is 0.375. The van der Waals surface area contributed by atoms with E-state index < -0.39 is 0 Å². The van der Waals surface area contributed by atoms with Crippen molar-refractivity contribution in [2.45, 2.75) is 19.8 Å². The molecule has 0 spiro atoms. The molecule has 0 amide bonds. The molecule has 8 heteroatoms. The standard InChI is InChI=1S/C16H18ClN7/c1-11-12(17)7-10-24-15(11)18-13(20-24)5-6-14-19-16(21-22(14)2)23-8-3-4-9-23/h5-7,10H,3-4,8-9H2,1-2H3/b6-5+. The number of nitrogens with zero attached hydrogens (tertiary/aromatic N) is 7. The van der Waals surface area contributed by atoms with E-state index in [2.05, 4.69) is 25.1 Å². The van der Waals surface area contributed by atoms with Gasteiger partial charge in [-0.25, -0.2) is 14.2 Å². The summed E-state index contributed by atoms with van der Waals surface area (Å²) in [5.41, 5.74) is 1.68. The van der Waals surface area contributed by atoms with Gasteiger partial charge in [-0.1, -0.05) is 11.6 Å².